The van der Waals surface area contributed by atoms with Crippen molar-refractivity contribution >= 4 is 28.8 Å². The molecule has 4 rings (SSSR count). The summed E-state index contributed by atoms with van der Waals surface area (Å²) < 4.78 is 18.0. The molecule has 198 valence electrons. The largest absolute Gasteiger partial charge is 0.497 e. The summed E-state index contributed by atoms with van der Waals surface area (Å²) in [6.45, 7) is 2.81. The van der Waals surface area contributed by atoms with Gasteiger partial charge in [-0.15, -0.1) is 0 Å². The van der Waals surface area contributed by atoms with Crippen LogP contribution < -0.4 is 4.90 Å². The minimum Gasteiger partial charge on any atom is -0.497 e. The first-order valence-electron chi connectivity index (χ1n) is 12.6. The Bertz CT molecular complexity index is 1410. The van der Waals surface area contributed by atoms with Crippen molar-refractivity contribution in [3.8, 4) is 0 Å². The number of aryl methyl sites for hydroxylation is 1. The molecule has 2 aromatic heterocycles. The van der Waals surface area contributed by atoms with Crippen LogP contribution in [-0.4, -0.2) is 40.3 Å². The fourth-order valence-electron chi connectivity index (χ4n) is 4.23. The Kier molecular flexibility index (Phi) is 8.92. The van der Waals surface area contributed by atoms with Gasteiger partial charge in [0.1, 0.15) is 6.61 Å². The lowest BCUT2D eigenvalue weighted by Crippen LogP contribution is -2.33. The Labute approximate surface area is 221 Å². The maximum Gasteiger partial charge on any atom is 0.396 e. The van der Waals surface area contributed by atoms with Gasteiger partial charge in [0.15, 0.2) is 0 Å². The Hall–Kier alpha value is -4.40. The number of rotatable bonds is 12. The first-order valence-corrected chi connectivity index (χ1v) is 12.6. The summed E-state index contributed by atoms with van der Waals surface area (Å²) in [5.41, 5.74) is 4.30. The average Bonchev–Trinajstić information content (AvgIpc) is 3.56. The van der Waals surface area contributed by atoms with Crippen molar-refractivity contribution < 1.29 is 23.5 Å². The van der Waals surface area contributed by atoms with E-state index in [-0.39, 0.29) is 24.2 Å². The third-order valence-corrected chi connectivity index (χ3v) is 6.35. The zero-order valence-electron chi connectivity index (χ0n) is 21.9. The molecule has 0 saturated heterocycles. The van der Waals surface area contributed by atoms with Crippen molar-refractivity contribution in [3.05, 3.63) is 89.6 Å². The SMILES string of the molecule is CC/C(=C/OCc1ccccc1)CCC(=O)N(CCc1cn(C)c2ccccc12)c1nnc(C(=O)OC)o1. The first kappa shape index (κ1) is 26.7. The van der Waals surface area contributed by atoms with Gasteiger partial charge in [0, 0.05) is 37.1 Å². The number of amides is 1. The van der Waals surface area contributed by atoms with Crippen LogP contribution in [0.25, 0.3) is 10.9 Å². The fraction of sp³-hybridized carbons (Fsp3) is 0.310. The minimum absolute atomic E-state index is 0.0296. The minimum atomic E-state index is -0.753. The van der Waals surface area contributed by atoms with Crippen LogP contribution in [0, 0.1) is 0 Å². The Morgan fingerprint density at radius 3 is 2.58 bits per heavy atom. The van der Waals surface area contributed by atoms with Crippen LogP contribution in [0.3, 0.4) is 0 Å². The van der Waals surface area contributed by atoms with Gasteiger partial charge >= 0.3 is 17.9 Å². The van der Waals surface area contributed by atoms with Crippen LogP contribution in [0.2, 0.25) is 0 Å². The summed E-state index contributed by atoms with van der Waals surface area (Å²) in [5.74, 6) is -1.24. The summed E-state index contributed by atoms with van der Waals surface area (Å²) >= 11 is 0. The number of carbonyl (C=O) groups excluding carboxylic acids is 2. The topological polar surface area (TPSA) is 99.7 Å². The van der Waals surface area contributed by atoms with Crippen LogP contribution in [0.4, 0.5) is 6.01 Å². The van der Waals surface area contributed by atoms with E-state index >= 15 is 0 Å². The zero-order chi connectivity index (χ0) is 26.9. The van der Waals surface area contributed by atoms with E-state index in [0.29, 0.717) is 26.0 Å². The maximum atomic E-state index is 13.4. The number of benzene rings is 2. The number of aromatic nitrogens is 3. The second kappa shape index (κ2) is 12.7. The van der Waals surface area contributed by atoms with Gasteiger partial charge < -0.3 is 18.5 Å². The van der Waals surface area contributed by atoms with Gasteiger partial charge in [-0.1, -0.05) is 65.7 Å². The van der Waals surface area contributed by atoms with Crippen molar-refractivity contribution in [2.24, 2.45) is 7.05 Å². The zero-order valence-corrected chi connectivity index (χ0v) is 21.9. The number of esters is 1. The van der Waals surface area contributed by atoms with E-state index in [1.165, 1.54) is 12.0 Å². The molecule has 0 N–H and O–H groups in total. The van der Waals surface area contributed by atoms with Crippen molar-refractivity contribution in [2.75, 3.05) is 18.6 Å². The lowest BCUT2D eigenvalue weighted by atomic mass is 10.1. The molecule has 0 bridgehead atoms. The highest BCUT2D eigenvalue weighted by atomic mass is 16.5. The van der Waals surface area contributed by atoms with E-state index in [9.17, 15) is 9.59 Å². The number of anilines is 1. The molecular formula is C29H32N4O5. The molecule has 0 unspecified atom stereocenters. The van der Waals surface area contributed by atoms with Crippen molar-refractivity contribution in [1.82, 2.24) is 14.8 Å². The van der Waals surface area contributed by atoms with Gasteiger partial charge in [0.2, 0.25) is 5.91 Å². The third kappa shape index (κ3) is 6.47. The van der Waals surface area contributed by atoms with Gasteiger partial charge in [-0.05, 0) is 42.0 Å². The van der Waals surface area contributed by atoms with E-state index in [0.717, 1.165) is 34.0 Å². The standard InChI is InChI=1S/C29H32N4O5/c1-4-21(19-37-20-22-10-6-5-7-11-22)14-15-26(34)33(29-31-30-27(38-29)28(35)36-3)17-16-23-18-32(2)25-13-9-8-12-24(23)25/h5-13,18-19H,4,14-17,20H2,1-3H3/b21-19-. The monoisotopic (exact) mass is 516 g/mol. The molecule has 0 atom stereocenters. The summed E-state index contributed by atoms with van der Waals surface area (Å²) in [4.78, 5) is 26.7. The van der Waals surface area contributed by atoms with E-state index in [4.69, 9.17) is 9.15 Å². The predicted molar refractivity (Wildman–Crippen MR) is 143 cm³/mol. The van der Waals surface area contributed by atoms with E-state index in [1.54, 1.807) is 6.26 Å². The smallest absolute Gasteiger partial charge is 0.396 e. The fourth-order valence-corrected chi connectivity index (χ4v) is 4.23. The van der Waals surface area contributed by atoms with Gasteiger partial charge in [-0.2, -0.15) is 0 Å². The van der Waals surface area contributed by atoms with E-state index in [1.807, 2.05) is 56.4 Å². The van der Waals surface area contributed by atoms with Crippen LogP contribution in [-0.2, 0) is 34.3 Å². The third-order valence-electron chi connectivity index (χ3n) is 6.35. The number of fused-ring (bicyclic) bond motifs is 1. The molecule has 0 fully saturated rings. The molecule has 0 aliphatic heterocycles. The molecule has 9 heteroatoms. The lowest BCUT2D eigenvalue weighted by molar-refractivity contribution is -0.118. The van der Waals surface area contributed by atoms with E-state index < -0.39 is 5.97 Å². The van der Waals surface area contributed by atoms with Crippen LogP contribution in [0.15, 0.2) is 77.0 Å². The summed E-state index contributed by atoms with van der Waals surface area (Å²) in [6, 6.07) is 18.0. The molecule has 4 aromatic rings. The number of methoxy groups -OCH3 is 1. The second-order valence-electron chi connectivity index (χ2n) is 8.89. The molecule has 0 aliphatic rings. The van der Waals surface area contributed by atoms with Crippen molar-refractivity contribution in [2.45, 2.75) is 39.2 Å². The van der Waals surface area contributed by atoms with Gasteiger partial charge in [0.05, 0.1) is 13.4 Å². The quantitative estimate of drug-likeness (QED) is 0.188. The van der Waals surface area contributed by atoms with E-state index in [2.05, 4.69) is 37.8 Å². The van der Waals surface area contributed by atoms with Crippen LogP contribution >= 0.6 is 0 Å². The lowest BCUT2D eigenvalue weighted by Gasteiger charge is -2.18. The molecule has 9 nitrogen and oxygen atoms in total. The van der Waals surface area contributed by atoms with Gasteiger partial charge in [-0.3, -0.25) is 9.69 Å². The Morgan fingerprint density at radius 1 is 1.05 bits per heavy atom. The molecule has 2 aromatic carbocycles. The summed E-state index contributed by atoms with van der Waals surface area (Å²) in [5, 5.41) is 8.84. The molecular weight excluding hydrogens is 484 g/mol. The molecule has 0 saturated carbocycles. The van der Waals surface area contributed by atoms with Crippen molar-refractivity contribution in [1.29, 1.82) is 0 Å². The molecule has 0 aliphatic carbocycles. The molecule has 2 heterocycles. The second-order valence-corrected chi connectivity index (χ2v) is 8.89. The number of ether oxygens (including phenoxy) is 2. The molecule has 38 heavy (non-hydrogen) atoms. The summed E-state index contributed by atoms with van der Waals surface area (Å²) in [6.07, 6.45) is 5.86. The number of allylic oxidation sites excluding steroid dienone is 1. The normalized spacial score (nSPS) is 11.5. The Morgan fingerprint density at radius 2 is 1.82 bits per heavy atom. The van der Waals surface area contributed by atoms with Crippen molar-refractivity contribution in [3.63, 3.8) is 0 Å². The van der Waals surface area contributed by atoms with Crippen LogP contribution in [0.1, 0.15) is 48.0 Å². The number of para-hydroxylation sites is 1. The number of hydrogen-bond donors (Lipinski definition) is 0. The van der Waals surface area contributed by atoms with Gasteiger partial charge in [0.25, 0.3) is 0 Å². The molecule has 0 spiro atoms. The average molecular weight is 517 g/mol. The highest BCUT2D eigenvalue weighted by molar-refractivity contribution is 5.92. The molecule has 0 radical (unpaired) electrons. The first-order chi connectivity index (χ1) is 18.5. The highest BCUT2D eigenvalue weighted by Crippen LogP contribution is 2.23. The van der Waals surface area contributed by atoms with Gasteiger partial charge in [-0.25, -0.2) is 4.79 Å². The highest BCUT2D eigenvalue weighted by Gasteiger charge is 2.25. The summed E-state index contributed by atoms with van der Waals surface area (Å²) in [7, 11) is 3.22. The number of nitrogens with zero attached hydrogens (tertiary/aromatic N) is 4. The number of hydrogen-bond acceptors (Lipinski definition) is 7. The number of carbonyl (C=O) groups is 2. The molecule has 1 amide bonds. The Balaban J connectivity index is 1.46. The maximum absolute atomic E-state index is 13.4. The van der Waals surface area contributed by atoms with Crippen LogP contribution in [0.5, 0.6) is 0 Å². The predicted octanol–water partition coefficient (Wildman–Crippen LogP) is 5.21.